The van der Waals surface area contributed by atoms with Crippen molar-refractivity contribution in [2.24, 2.45) is 5.14 Å². The van der Waals surface area contributed by atoms with Gasteiger partial charge in [0.15, 0.2) is 0 Å². The van der Waals surface area contributed by atoms with Gasteiger partial charge in [-0.15, -0.1) is 0 Å². The lowest BCUT2D eigenvalue weighted by atomic mass is 9.91. The molecule has 0 saturated heterocycles. The molecule has 0 fully saturated rings. The third-order valence-electron chi connectivity index (χ3n) is 5.27. The maximum absolute atomic E-state index is 12.6. The Kier molecular flexibility index (Phi) is 6.01. The van der Waals surface area contributed by atoms with E-state index >= 15 is 0 Å². The zero-order valence-corrected chi connectivity index (χ0v) is 18.4. The largest absolute Gasteiger partial charge is 0.478 e. The van der Waals surface area contributed by atoms with Crippen LogP contribution in [0.3, 0.4) is 0 Å². The topological polar surface area (TPSA) is 156 Å². The van der Waals surface area contributed by atoms with E-state index in [1.807, 2.05) is 0 Å². The number of benzene rings is 3. The summed E-state index contributed by atoms with van der Waals surface area (Å²) in [7, 11) is -3.79. The monoisotopic (exact) mass is 477 g/mol. The highest BCUT2D eigenvalue weighted by atomic mass is 32.2. The molecule has 9 nitrogen and oxygen atoms in total. The van der Waals surface area contributed by atoms with Crippen LogP contribution in [0, 0.1) is 0 Å². The van der Waals surface area contributed by atoms with Crippen molar-refractivity contribution in [2.75, 3.05) is 0 Å². The fourth-order valence-electron chi connectivity index (χ4n) is 3.55. The molecule has 0 aromatic heterocycles. The molecule has 0 bridgehead atoms. The standard InChI is InChI=1S/C24H19N3O6S/c25-34(32,33)18-7-4-14(5-8-18)12-26-13-21-20-11-16(6-9-19(20)22(28)27-23(21)29)15-2-1-3-17(10-15)24(30)31/h1-11,13,26H,12H2,(H,30,31)(H2,25,32,33)(H,27,28,29)/b21-13-. The van der Waals surface area contributed by atoms with Gasteiger partial charge in [-0.05, 0) is 53.1 Å². The second-order valence-corrected chi connectivity index (χ2v) is 9.12. The molecule has 0 atom stereocenters. The van der Waals surface area contributed by atoms with Gasteiger partial charge in [0, 0.05) is 23.9 Å². The number of sulfonamides is 1. The van der Waals surface area contributed by atoms with Gasteiger partial charge in [0.2, 0.25) is 10.0 Å². The van der Waals surface area contributed by atoms with E-state index in [2.05, 4.69) is 10.6 Å². The molecule has 172 valence electrons. The van der Waals surface area contributed by atoms with Crippen LogP contribution in [0.25, 0.3) is 16.7 Å². The SMILES string of the molecule is NS(=O)(=O)c1ccc(CN/C=C2\C(=O)NC(=O)c3ccc(-c4cccc(C(=O)O)c4)cc32)cc1. The molecular weight excluding hydrogens is 458 g/mol. The predicted molar refractivity (Wildman–Crippen MR) is 124 cm³/mol. The third kappa shape index (κ3) is 4.72. The van der Waals surface area contributed by atoms with Gasteiger partial charge >= 0.3 is 5.97 Å². The van der Waals surface area contributed by atoms with E-state index < -0.39 is 27.8 Å². The summed E-state index contributed by atoms with van der Waals surface area (Å²) in [6, 6.07) is 17.3. The van der Waals surface area contributed by atoms with Crippen LogP contribution < -0.4 is 15.8 Å². The molecule has 0 spiro atoms. The Morgan fingerprint density at radius 3 is 2.32 bits per heavy atom. The Hall–Kier alpha value is -4.28. The molecule has 10 heteroatoms. The Morgan fingerprint density at radius 1 is 0.941 bits per heavy atom. The normalized spacial score (nSPS) is 14.4. The number of nitrogens with two attached hydrogens (primary N) is 1. The number of nitrogens with one attached hydrogen (secondary N) is 2. The molecule has 2 amide bonds. The highest BCUT2D eigenvalue weighted by Gasteiger charge is 2.27. The minimum atomic E-state index is -3.79. The number of carboxylic acids is 1. The van der Waals surface area contributed by atoms with Crippen LogP contribution in [0.1, 0.15) is 31.8 Å². The van der Waals surface area contributed by atoms with E-state index in [-0.39, 0.29) is 22.6 Å². The van der Waals surface area contributed by atoms with Crippen molar-refractivity contribution in [2.45, 2.75) is 11.4 Å². The highest BCUT2D eigenvalue weighted by molar-refractivity contribution is 7.89. The van der Waals surface area contributed by atoms with Gasteiger partial charge in [0.1, 0.15) is 0 Å². The number of carbonyl (C=O) groups is 3. The van der Waals surface area contributed by atoms with Gasteiger partial charge in [-0.1, -0.05) is 30.3 Å². The average Bonchev–Trinajstić information content (AvgIpc) is 2.80. The summed E-state index contributed by atoms with van der Waals surface area (Å²) >= 11 is 0. The zero-order chi connectivity index (χ0) is 24.5. The zero-order valence-electron chi connectivity index (χ0n) is 17.6. The lowest BCUT2D eigenvalue weighted by molar-refractivity contribution is -0.114. The quantitative estimate of drug-likeness (QED) is 0.313. The van der Waals surface area contributed by atoms with E-state index in [0.717, 1.165) is 5.56 Å². The molecule has 34 heavy (non-hydrogen) atoms. The lowest BCUT2D eigenvalue weighted by Crippen LogP contribution is -2.37. The lowest BCUT2D eigenvalue weighted by Gasteiger charge is -2.19. The number of aromatic carboxylic acids is 1. The maximum atomic E-state index is 12.6. The van der Waals surface area contributed by atoms with Crippen LogP contribution in [-0.2, 0) is 21.4 Å². The van der Waals surface area contributed by atoms with Gasteiger partial charge < -0.3 is 10.4 Å². The first-order valence-electron chi connectivity index (χ1n) is 10.0. The van der Waals surface area contributed by atoms with Gasteiger partial charge in [-0.25, -0.2) is 18.4 Å². The number of carboxylic acid groups (broad SMARTS) is 1. The summed E-state index contributed by atoms with van der Waals surface area (Å²) in [4.78, 5) is 36.2. The minimum absolute atomic E-state index is 0.00630. The molecule has 0 unspecified atom stereocenters. The van der Waals surface area contributed by atoms with Crippen molar-refractivity contribution < 1.29 is 27.9 Å². The van der Waals surface area contributed by atoms with Crippen molar-refractivity contribution in [1.29, 1.82) is 0 Å². The number of rotatable bonds is 6. The van der Waals surface area contributed by atoms with Crippen LogP contribution in [0.4, 0.5) is 0 Å². The third-order valence-corrected chi connectivity index (χ3v) is 6.20. The first-order valence-corrected chi connectivity index (χ1v) is 11.6. The number of carbonyl (C=O) groups excluding carboxylic acids is 2. The minimum Gasteiger partial charge on any atom is -0.478 e. The van der Waals surface area contributed by atoms with Crippen molar-refractivity contribution >= 4 is 33.4 Å². The Morgan fingerprint density at radius 2 is 1.65 bits per heavy atom. The number of imide groups is 1. The summed E-state index contributed by atoms with van der Waals surface area (Å²) in [5, 5.41) is 19.7. The van der Waals surface area contributed by atoms with Crippen molar-refractivity contribution in [3.05, 3.63) is 95.2 Å². The molecule has 0 aliphatic carbocycles. The summed E-state index contributed by atoms with van der Waals surface area (Å²) in [5.74, 6) is -2.16. The first-order chi connectivity index (χ1) is 16.1. The van der Waals surface area contributed by atoms with E-state index in [9.17, 15) is 27.9 Å². The molecular formula is C24H19N3O6S. The molecule has 0 radical (unpaired) electrons. The summed E-state index contributed by atoms with van der Waals surface area (Å²) in [5.41, 5.74) is 3.09. The van der Waals surface area contributed by atoms with E-state index in [1.54, 1.807) is 42.5 Å². The number of hydrogen-bond donors (Lipinski definition) is 4. The molecule has 0 saturated carbocycles. The maximum Gasteiger partial charge on any atom is 0.335 e. The van der Waals surface area contributed by atoms with Crippen LogP contribution in [0.5, 0.6) is 0 Å². The van der Waals surface area contributed by atoms with Crippen LogP contribution >= 0.6 is 0 Å². The fourth-order valence-corrected chi connectivity index (χ4v) is 4.06. The smallest absolute Gasteiger partial charge is 0.335 e. The van der Waals surface area contributed by atoms with Gasteiger partial charge in [-0.2, -0.15) is 0 Å². The molecule has 5 N–H and O–H groups in total. The van der Waals surface area contributed by atoms with Crippen LogP contribution in [-0.4, -0.2) is 31.3 Å². The fraction of sp³-hybridized carbons (Fsp3) is 0.0417. The van der Waals surface area contributed by atoms with Crippen LogP contribution in [0.15, 0.2) is 77.8 Å². The van der Waals surface area contributed by atoms with Gasteiger partial charge in [-0.3, -0.25) is 14.9 Å². The van der Waals surface area contributed by atoms with E-state index in [1.165, 1.54) is 30.5 Å². The highest BCUT2D eigenvalue weighted by Crippen LogP contribution is 2.30. The summed E-state index contributed by atoms with van der Waals surface area (Å²) in [6.07, 6.45) is 1.48. The second-order valence-electron chi connectivity index (χ2n) is 7.56. The summed E-state index contributed by atoms with van der Waals surface area (Å²) in [6.45, 7) is 0.283. The number of hydrogen-bond acceptors (Lipinski definition) is 6. The van der Waals surface area contributed by atoms with Crippen LogP contribution in [0.2, 0.25) is 0 Å². The van der Waals surface area contributed by atoms with Crippen molar-refractivity contribution in [1.82, 2.24) is 10.6 Å². The number of primary sulfonamides is 1. The van der Waals surface area contributed by atoms with E-state index in [4.69, 9.17) is 5.14 Å². The predicted octanol–water partition coefficient (Wildman–Crippen LogP) is 2.10. The van der Waals surface area contributed by atoms with E-state index in [0.29, 0.717) is 22.3 Å². The van der Waals surface area contributed by atoms with Gasteiger partial charge in [0.05, 0.1) is 16.0 Å². The Labute approximate surface area is 195 Å². The second kappa shape index (κ2) is 8.93. The molecule has 3 aromatic carbocycles. The number of fused-ring (bicyclic) bond motifs is 1. The summed E-state index contributed by atoms with van der Waals surface area (Å²) < 4.78 is 22.8. The molecule has 4 rings (SSSR count). The molecule has 1 aliphatic rings. The number of amides is 2. The molecule has 1 heterocycles. The molecule has 1 aliphatic heterocycles. The molecule has 3 aromatic rings. The average molecular weight is 477 g/mol. The van der Waals surface area contributed by atoms with Crippen molar-refractivity contribution in [3.8, 4) is 11.1 Å². The Bertz CT molecular complexity index is 1460. The van der Waals surface area contributed by atoms with Crippen molar-refractivity contribution in [3.63, 3.8) is 0 Å². The first kappa shape index (κ1) is 22.9. The van der Waals surface area contributed by atoms with Gasteiger partial charge in [0.25, 0.3) is 11.8 Å². The Balaban J connectivity index is 1.64.